The van der Waals surface area contributed by atoms with Gasteiger partial charge in [-0.1, -0.05) is 42.3 Å². The minimum atomic E-state index is -0.574. The highest BCUT2D eigenvalue weighted by Crippen LogP contribution is 2.36. The number of rotatable bonds is 3. The quantitative estimate of drug-likeness (QED) is 0.692. The first-order chi connectivity index (χ1) is 9.32. The van der Waals surface area contributed by atoms with E-state index in [4.69, 9.17) is 28.9 Å². The Hall–Kier alpha value is -1.86. The van der Waals surface area contributed by atoms with Crippen molar-refractivity contribution in [1.82, 2.24) is 15.0 Å². The van der Waals surface area contributed by atoms with Crippen LogP contribution in [-0.2, 0) is 0 Å². The van der Waals surface area contributed by atoms with Gasteiger partial charge in [-0.3, -0.25) is 10.1 Å². The van der Waals surface area contributed by atoms with Crippen molar-refractivity contribution in [3.8, 4) is 5.69 Å². The molecular formula is C11H11Cl2N5O2. The molecule has 20 heavy (non-hydrogen) atoms. The SMILES string of the molecule is CC(C)c1c(N)nnn1-c1c(Cl)cc(Cl)cc1[N+](=O)[O-]. The predicted octanol–water partition coefficient (Wildman–Crippen LogP) is 3.19. The van der Waals surface area contributed by atoms with Crippen LogP contribution in [0.1, 0.15) is 25.5 Å². The molecule has 0 aliphatic heterocycles. The fraction of sp³-hybridized carbons (Fsp3) is 0.273. The van der Waals surface area contributed by atoms with Crippen LogP contribution in [0.5, 0.6) is 0 Å². The molecular weight excluding hydrogens is 305 g/mol. The molecule has 0 saturated heterocycles. The number of nitro groups is 1. The number of nitro benzene ring substituents is 1. The molecule has 0 unspecified atom stereocenters. The zero-order valence-corrected chi connectivity index (χ0v) is 12.2. The standard InChI is InChI=1S/C11H11Cl2N5O2/c1-5(2)9-11(14)15-16-17(9)10-7(13)3-6(12)4-8(10)18(19)20/h3-5H,14H2,1-2H3. The Kier molecular flexibility index (Phi) is 3.82. The summed E-state index contributed by atoms with van der Waals surface area (Å²) in [5.74, 6) is 0.177. The fourth-order valence-corrected chi connectivity index (χ4v) is 2.47. The highest BCUT2D eigenvalue weighted by Gasteiger charge is 2.25. The van der Waals surface area contributed by atoms with Gasteiger partial charge < -0.3 is 5.73 Å². The van der Waals surface area contributed by atoms with Gasteiger partial charge in [0.1, 0.15) is 0 Å². The van der Waals surface area contributed by atoms with E-state index in [1.165, 1.54) is 16.8 Å². The molecule has 7 nitrogen and oxygen atoms in total. The summed E-state index contributed by atoms with van der Waals surface area (Å²) in [7, 11) is 0. The van der Waals surface area contributed by atoms with Crippen LogP contribution in [0.25, 0.3) is 5.69 Å². The average molecular weight is 316 g/mol. The minimum absolute atomic E-state index is 0.0312. The van der Waals surface area contributed by atoms with Crippen LogP contribution >= 0.6 is 23.2 Å². The average Bonchev–Trinajstić information content (AvgIpc) is 2.69. The van der Waals surface area contributed by atoms with Gasteiger partial charge in [0.15, 0.2) is 11.5 Å². The molecule has 1 heterocycles. The van der Waals surface area contributed by atoms with E-state index >= 15 is 0 Å². The van der Waals surface area contributed by atoms with Gasteiger partial charge in [0.25, 0.3) is 5.69 Å². The maximum absolute atomic E-state index is 11.2. The zero-order valence-electron chi connectivity index (χ0n) is 10.7. The molecule has 0 saturated carbocycles. The number of anilines is 1. The number of nitrogens with zero attached hydrogens (tertiary/aromatic N) is 4. The van der Waals surface area contributed by atoms with E-state index < -0.39 is 4.92 Å². The van der Waals surface area contributed by atoms with Gasteiger partial charge in [-0.15, -0.1) is 5.10 Å². The first-order valence-corrected chi connectivity index (χ1v) is 6.43. The monoisotopic (exact) mass is 315 g/mol. The third-order valence-corrected chi connectivity index (χ3v) is 3.20. The molecule has 0 atom stereocenters. The van der Waals surface area contributed by atoms with Gasteiger partial charge in [-0.2, -0.15) is 0 Å². The molecule has 0 aliphatic rings. The molecule has 9 heteroatoms. The third-order valence-electron chi connectivity index (χ3n) is 2.70. The second-order valence-corrected chi connectivity index (χ2v) is 5.28. The van der Waals surface area contributed by atoms with Crippen molar-refractivity contribution in [3.05, 3.63) is 38.0 Å². The Balaban J connectivity index is 2.79. The maximum atomic E-state index is 11.2. The van der Waals surface area contributed by atoms with E-state index in [1.807, 2.05) is 13.8 Å². The van der Waals surface area contributed by atoms with Crippen LogP contribution in [0.2, 0.25) is 10.0 Å². The van der Waals surface area contributed by atoms with Gasteiger partial charge in [0.2, 0.25) is 0 Å². The van der Waals surface area contributed by atoms with E-state index in [0.717, 1.165) is 0 Å². The van der Waals surface area contributed by atoms with Crippen LogP contribution < -0.4 is 5.73 Å². The Labute approximate surface area is 124 Å². The lowest BCUT2D eigenvalue weighted by Gasteiger charge is -2.11. The number of halogens is 2. The summed E-state index contributed by atoms with van der Waals surface area (Å²) in [5.41, 5.74) is 6.16. The molecule has 0 fully saturated rings. The first-order valence-electron chi connectivity index (χ1n) is 5.67. The molecule has 2 N–H and O–H groups in total. The van der Waals surface area contributed by atoms with Crippen molar-refractivity contribution < 1.29 is 4.92 Å². The Morgan fingerprint density at radius 3 is 2.60 bits per heavy atom. The summed E-state index contributed by atoms with van der Waals surface area (Å²) in [6, 6.07) is 2.62. The van der Waals surface area contributed by atoms with Crippen molar-refractivity contribution in [2.24, 2.45) is 0 Å². The third kappa shape index (κ3) is 2.41. The Bertz CT molecular complexity index is 684. The minimum Gasteiger partial charge on any atom is -0.381 e. The molecule has 0 amide bonds. The van der Waals surface area contributed by atoms with Gasteiger partial charge in [0, 0.05) is 11.1 Å². The number of hydrogen-bond acceptors (Lipinski definition) is 5. The lowest BCUT2D eigenvalue weighted by Crippen LogP contribution is -2.08. The number of aromatic nitrogens is 3. The number of nitrogens with two attached hydrogens (primary N) is 1. The lowest BCUT2D eigenvalue weighted by atomic mass is 10.1. The summed E-state index contributed by atoms with van der Waals surface area (Å²) in [5, 5.41) is 19.1. The Morgan fingerprint density at radius 2 is 2.05 bits per heavy atom. The number of nitrogen functional groups attached to an aromatic ring is 1. The van der Waals surface area contributed by atoms with Crippen LogP contribution in [-0.4, -0.2) is 19.9 Å². The molecule has 2 rings (SSSR count). The highest BCUT2D eigenvalue weighted by molar-refractivity contribution is 6.36. The molecule has 106 valence electrons. The van der Waals surface area contributed by atoms with E-state index in [-0.39, 0.29) is 33.2 Å². The predicted molar refractivity (Wildman–Crippen MR) is 76.5 cm³/mol. The smallest absolute Gasteiger partial charge is 0.297 e. The summed E-state index contributed by atoms with van der Waals surface area (Å²) in [6.45, 7) is 3.75. The van der Waals surface area contributed by atoms with Crippen molar-refractivity contribution in [3.63, 3.8) is 0 Å². The van der Waals surface area contributed by atoms with E-state index in [0.29, 0.717) is 5.69 Å². The summed E-state index contributed by atoms with van der Waals surface area (Å²) < 4.78 is 1.29. The normalized spacial score (nSPS) is 11.1. The van der Waals surface area contributed by atoms with E-state index in [1.54, 1.807) is 0 Å². The topological polar surface area (TPSA) is 99.9 Å². The second kappa shape index (κ2) is 5.26. The van der Waals surface area contributed by atoms with Gasteiger partial charge in [-0.05, 0) is 12.0 Å². The molecule has 1 aromatic heterocycles. The summed E-state index contributed by atoms with van der Waals surface area (Å²) in [6.07, 6.45) is 0. The van der Waals surface area contributed by atoms with Crippen LogP contribution in [0.15, 0.2) is 12.1 Å². The van der Waals surface area contributed by atoms with E-state index in [2.05, 4.69) is 10.3 Å². The molecule has 0 bridgehead atoms. The molecule has 1 aromatic carbocycles. The van der Waals surface area contributed by atoms with Crippen molar-refractivity contribution >= 4 is 34.7 Å². The van der Waals surface area contributed by atoms with Crippen molar-refractivity contribution in [1.29, 1.82) is 0 Å². The first kappa shape index (κ1) is 14.5. The number of hydrogen-bond donors (Lipinski definition) is 1. The highest BCUT2D eigenvalue weighted by atomic mass is 35.5. The van der Waals surface area contributed by atoms with Gasteiger partial charge >= 0.3 is 0 Å². The van der Waals surface area contributed by atoms with Crippen LogP contribution in [0.3, 0.4) is 0 Å². The van der Waals surface area contributed by atoms with Gasteiger partial charge in [-0.25, -0.2) is 4.68 Å². The van der Waals surface area contributed by atoms with Crippen molar-refractivity contribution in [2.45, 2.75) is 19.8 Å². The number of benzene rings is 1. The zero-order chi connectivity index (χ0) is 15.0. The van der Waals surface area contributed by atoms with Crippen LogP contribution in [0.4, 0.5) is 11.5 Å². The van der Waals surface area contributed by atoms with Crippen molar-refractivity contribution in [2.75, 3.05) is 5.73 Å². The molecule has 0 spiro atoms. The molecule has 0 radical (unpaired) electrons. The second-order valence-electron chi connectivity index (χ2n) is 4.44. The largest absolute Gasteiger partial charge is 0.381 e. The van der Waals surface area contributed by atoms with Crippen LogP contribution in [0, 0.1) is 10.1 Å². The summed E-state index contributed by atoms with van der Waals surface area (Å²) >= 11 is 11.9. The maximum Gasteiger partial charge on any atom is 0.297 e. The Morgan fingerprint density at radius 1 is 1.40 bits per heavy atom. The molecule has 2 aromatic rings. The lowest BCUT2D eigenvalue weighted by molar-refractivity contribution is -0.384. The van der Waals surface area contributed by atoms with Gasteiger partial charge in [0.05, 0.1) is 15.6 Å². The van der Waals surface area contributed by atoms with E-state index in [9.17, 15) is 10.1 Å². The summed E-state index contributed by atoms with van der Waals surface area (Å²) in [4.78, 5) is 10.6. The molecule has 0 aliphatic carbocycles. The fourth-order valence-electron chi connectivity index (χ4n) is 1.91.